The second kappa shape index (κ2) is 7.80. The van der Waals surface area contributed by atoms with Gasteiger partial charge in [0.2, 0.25) is 0 Å². The molecule has 0 bridgehead atoms. The van der Waals surface area contributed by atoms with Crippen molar-refractivity contribution in [3.8, 4) is 0 Å². The molecule has 0 spiro atoms. The van der Waals surface area contributed by atoms with E-state index in [1.54, 1.807) is 0 Å². The van der Waals surface area contributed by atoms with Crippen molar-refractivity contribution in [2.24, 2.45) is 0 Å². The lowest BCUT2D eigenvalue weighted by atomic mass is 10.2. The molecule has 3 rings (SSSR count). The molecule has 0 aliphatic carbocycles. The van der Waals surface area contributed by atoms with Crippen molar-refractivity contribution in [1.82, 2.24) is 10.2 Å². The summed E-state index contributed by atoms with van der Waals surface area (Å²) in [7, 11) is -2.56. The van der Waals surface area contributed by atoms with Crippen molar-refractivity contribution in [1.29, 1.82) is 0 Å². The average Bonchev–Trinajstić information content (AvgIpc) is 3.11. The minimum absolute atomic E-state index is 0.0692. The van der Waals surface area contributed by atoms with E-state index in [1.807, 2.05) is 12.1 Å². The molecule has 0 saturated heterocycles. The first-order chi connectivity index (χ1) is 12.5. The van der Waals surface area contributed by atoms with Gasteiger partial charge in [-0.2, -0.15) is 0 Å². The Kier molecular flexibility index (Phi) is 5.67. The summed E-state index contributed by atoms with van der Waals surface area (Å²) in [6, 6.07) is 21.0. The van der Waals surface area contributed by atoms with E-state index in [-0.39, 0.29) is 11.6 Å². The van der Waals surface area contributed by atoms with Crippen LogP contribution in [0.15, 0.2) is 60.7 Å². The Bertz CT molecular complexity index is 792. The summed E-state index contributed by atoms with van der Waals surface area (Å²) in [6.45, 7) is 7.05. The molecule has 2 aromatic carbocycles. The van der Waals surface area contributed by atoms with Crippen molar-refractivity contribution in [3.63, 3.8) is 0 Å². The molecule has 0 aliphatic heterocycles. The molecule has 1 aromatic heterocycles. The minimum atomic E-state index is -2.56. The fourth-order valence-electron chi connectivity index (χ4n) is 3.34. The average molecular weight is 385 g/mol. The maximum Gasteiger partial charge on any atom is 0.261 e. The SMILES string of the molecule is CC(C)(C)[Si](OCc1nnc(CO)s1)(c1ccccc1)c1ccccc1. The largest absolute Gasteiger partial charge is 0.401 e. The highest BCUT2D eigenvalue weighted by atomic mass is 32.1. The van der Waals surface area contributed by atoms with E-state index in [0.717, 1.165) is 5.01 Å². The predicted octanol–water partition coefficient (Wildman–Crippen LogP) is 3.11. The van der Waals surface area contributed by atoms with Gasteiger partial charge < -0.3 is 9.53 Å². The van der Waals surface area contributed by atoms with Crippen LogP contribution in [0, 0.1) is 0 Å². The number of hydrogen-bond acceptors (Lipinski definition) is 5. The Labute approximate surface area is 159 Å². The lowest BCUT2D eigenvalue weighted by Crippen LogP contribution is -2.66. The van der Waals surface area contributed by atoms with Crippen molar-refractivity contribution in [2.75, 3.05) is 0 Å². The highest BCUT2D eigenvalue weighted by molar-refractivity contribution is 7.11. The fraction of sp³-hybridized carbons (Fsp3) is 0.300. The van der Waals surface area contributed by atoms with E-state index in [9.17, 15) is 5.11 Å². The van der Waals surface area contributed by atoms with Gasteiger partial charge in [0.1, 0.15) is 10.0 Å². The number of aromatic nitrogens is 2. The Morgan fingerprint density at radius 3 is 1.81 bits per heavy atom. The van der Waals surface area contributed by atoms with Gasteiger partial charge >= 0.3 is 0 Å². The molecule has 0 atom stereocenters. The topological polar surface area (TPSA) is 55.2 Å². The second-order valence-corrected chi connectivity index (χ2v) is 12.7. The zero-order chi connectivity index (χ0) is 18.6. The molecule has 0 fully saturated rings. The molecule has 0 radical (unpaired) electrons. The van der Waals surface area contributed by atoms with E-state index < -0.39 is 8.32 Å². The van der Waals surface area contributed by atoms with Gasteiger partial charge in [-0.25, -0.2) is 0 Å². The molecule has 0 unspecified atom stereocenters. The molecule has 0 saturated carbocycles. The molecular weight excluding hydrogens is 360 g/mol. The highest BCUT2D eigenvalue weighted by Gasteiger charge is 2.50. The van der Waals surface area contributed by atoms with Gasteiger partial charge in [0.15, 0.2) is 0 Å². The number of hydrogen-bond donors (Lipinski definition) is 1. The first kappa shape index (κ1) is 18.9. The minimum Gasteiger partial charge on any atom is -0.401 e. The van der Waals surface area contributed by atoms with Crippen LogP contribution in [0.1, 0.15) is 30.8 Å². The lowest BCUT2D eigenvalue weighted by Gasteiger charge is -2.42. The maximum absolute atomic E-state index is 9.24. The van der Waals surface area contributed by atoms with Crippen LogP contribution in [-0.4, -0.2) is 23.6 Å². The Morgan fingerprint density at radius 2 is 1.38 bits per heavy atom. The van der Waals surface area contributed by atoms with Gasteiger partial charge in [0.05, 0.1) is 13.2 Å². The van der Waals surface area contributed by atoms with Crippen LogP contribution in [0.25, 0.3) is 0 Å². The Balaban J connectivity index is 2.08. The van der Waals surface area contributed by atoms with Crippen LogP contribution < -0.4 is 10.4 Å². The maximum atomic E-state index is 9.24. The lowest BCUT2D eigenvalue weighted by molar-refractivity contribution is 0.279. The van der Waals surface area contributed by atoms with Crippen molar-refractivity contribution in [3.05, 3.63) is 70.7 Å². The molecule has 0 amide bonds. The van der Waals surface area contributed by atoms with Crippen LogP contribution in [0.2, 0.25) is 5.04 Å². The van der Waals surface area contributed by atoms with Crippen molar-refractivity contribution < 1.29 is 9.53 Å². The van der Waals surface area contributed by atoms with Crippen LogP contribution >= 0.6 is 11.3 Å². The van der Waals surface area contributed by atoms with Gasteiger partial charge in [0.25, 0.3) is 8.32 Å². The summed E-state index contributed by atoms with van der Waals surface area (Å²) in [5.74, 6) is 0. The zero-order valence-corrected chi connectivity index (χ0v) is 17.2. The van der Waals surface area contributed by atoms with Gasteiger partial charge in [0, 0.05) is 0 Å². The van der Waals surface area contributed by atoms with Crippen LogP contribution in [0.4, 0.5) is 0 Å². The molecule has 1 heterocycles. The molecule has 6 heteroatoms. The third-order valence-corrected chi connectivity index (χ3v) is 10.3. The third-order valence-electron chi connectivity index (χ3n) is 4.47. The summed E-state index contributed by atoms with van der Waals surface area (Å²) in [5.41, 5.74) is 0. The summed E-state index contributed by atoms with van der Waals surface area (Å²) >= 11 is 1.40. The monoisotopic (exact) mass is 384 g/mol. The smallest absolute Gasteiger partial charge is 0.261 e. The van der Waals surface area contributed by atoms with E-state index >= 15 is 0 Å². The standard InChI is InChI=1S/C20H24N2O2SSi/c1-20(2,3)26(16-10-6-4-7-11-16,17-12-8-5-9-13-17)24-15-19-22-21-18(14-23)25-19/h4-13,23H,14-15H2,1-3H3. The van der Waals surface area contributed by atoms with Crippen LogP contribution in [0.3, 0.4) is 0 Å². The molecule has 136 valence electrons. The van der Waals surface area contributed by atoms with Crippen LogP contribution in [0.5, 0.6) is 0 Å². The highest BCUT2D eigenvalue weighted by Crippen LogP contribution is 2.37. The summed E-state index contributed by atoms with van der Waals surface area (Å²) < 4.78 is 6.78. The van der Waals surface area contributed by atoms with Gasteiger partial charge in [-0.15, -0.1) is 10.2 Å². The van der Waals surface area contributed by atoms with Crippen LogP contribution in [-0.2, 0) is 17.6 Å². The van der Waals surface area contributed by atoms with Gasteiger partial charge in [-0.1, -0.05) is 92.8 Å². The summed E-state index contributed by atoms with van der Waals surface area (Å²) in [6.07, 6.45) is 0. The molecule has 4 nitrogen and oxygen atoms in total. The summed E-state index contributed by atoms with van der Waals surface area (Å²) in [4.78, 5) is 0. The number of aliphatic hydroxyl groups excluding tert-OH is 1. The number of benzene rings is 2. The molecule has 3 aromatic rings. The fourth-order valence-corrected chi connectivity index (χ4v) is 8.57. The number of aliphatic hydroxyl groups is 1. The molecule has 26 heavy (non-hydrogen) atoms. The first-order valence-electron chi connectivity index (χ1n) is 8.64. The molecule has 1 N–H and O–H groups in total. The van der Waals surface area contributed by atoms with Gasteiger partial charge in [-0.3, -0.25) is 0 Å². The van der Waals surface area contributed by atoms with Crippen molar-refractivity contribution >= 4 is 30.0 Å². The Morgan fingerprint density at radius 1 is 0.885 bits per heavy atom. The zero-order valence-electron chi connectivity index (χ0n) is 15.3. The van der Waals surface area contributed by atoms with E-state index in [4.69, 9.17) is 4.43 Å². The number of rotatable bonds is 6. The number of nitrogens with zero attached hydrogens (tertiary/aromatic N) is 2. The summed E-state index contributed by atoms with van der Waals surface area (Å²) in [5, 5.41) is 21.2. The van der Waals surface area contributed by atoms with E-state index in [2.05, 4.69) is 79.5 Å². The van der Waals surface area contributed by atoms with E-state index in [0.29, 0.717) is 11.6 Å². The third kappa shape index (κ3) is 3.64. The quantitative estimate of drug-likeness (QED) is 0.664. The van der Waals surface area contributed by atoms with Gasteiger partial charge in [-0.05, 0) is 15.4 Å². The predicted molar refractivity (Wildman–Crippen MR) is 108 cm³/mol. The van der Waals surface area contributed by atoms with E-state index in [1.165, 1.54) is 21.7 Å². The molecular formula is C20H24N2O2SSi. The Hall–Kier alpha value is -1.86. The molecule has 0 aliphatic rings. The normalized spacial score (nSPS) is 12.3. The first-order valence-corrected chi connectivity index (χ1v) is 11.4. The second-order valence-electron chi connectivity index (χ2n) is 7.20. The van der Waals surface area contributed by atoms with Crippen molar-refractivity contribution in [2.45, 2.75) is 39.0 Å².